The quantitative estimate of drug-likeness (QED) is 0.475. The maximum Gasteiger partial charge on any atom is 0.292 e. The SMILES string of the molecule is CCCC(C)NC(=O)c1cccc([N+](=O)[O-])c1N. The van der Waals surface area contributed by atoms with Crippen LogP contribution in [0.25, 0.3) is 0 Å². The number of nitrogens with zero attached hydrogens (tertiary/aromatic N) is 1. The summed E-state index contributed by atoms with van der Waals surface area (Å²) in [6.45, 7) is 3.90. The molecule has 18 heavy (non-hydrogen) atoms. The maximum atomic E-state index is 11.9. The zero-order valence-electron chi connectivity index (χ0n) is 10.5. The number of anilines is 1. The minimum absolute atomic E-state index is 0.0150. The third kappa shape index (κ3) is 3.19. The number of benzene rings is 1. The van der Waals surface area contributed by atoms with E-state index < -0.39 is 4.92 Å². The molecular formula is C12H17N3O3. The fourth-order valence-electron chi connectivity index (χ4n) is 1.72. The Morgan fingerprint density at radius 2 is 2.22 bits per heavy atom. The second-order valence-electron chi connectivity index (χ2n) is 4.16. The Labute approximate surface area is 105 Å². The van der Waals surface area contributed by atoms with Gasteiger partial charge in [0.1, 0.15) is 5.69 Å². The van der Waals surface area contributed by atoms with Gasteiger partial charge < -0.3 is 11.1 Å². The first-order valence-electron chi connectivity index (χ1n) is 5.81. The van der Waals surface area contributed by atoms with Crippen molar-refractivity contribution in [1.82, 2.24) is 5.32 Å². The Morgan fingerprint density at radius 3 is 2.78 bits per heavy atom. The van der Waals surface area contributed by atoms with E-state index in [4.69, 9.17) is 5.73 Å². The molecule has 0 spiro atoms. The molecule has 0 radical (unpaired) electrons. The van der Waals surface area contributed by atoms with Crippen LogP contribution >= 0.6 is 0 Å². The number of nitro benzene ring substituents is 1. The molecule has 0 aliphatic heterocycles. The highest BCUT2D eigenvalue weighted by Crippen LogP contribution is 2.24. The summed E-state index contributed by atoms with van der Waals surface area (Å²) >= 11 is 0. The number of hydrogen-bond acceptors (Lipinski definition) is 4. The van der Waals surface area contributed by atoms with Gasteiger partial charge in [-0.2, -0.15) is 0 Å². The highest BCUT2D eigenvalue weighted by molar-refractivity contribution is 6.01. The van der Waals surface area contributed by atoms with E-state index in [0.717, 1.165) is 12.8 Å². The molecule has 0 heterocycles. The Bertz CT molecular complexity index is 460. The van der Waals surface area contributed by atoms with Gasteiger partial charge in [-0.3, -0.25) is 14.9 Å². The minimum Gasteiger partial charge on any atom is -0.393 e. The van der Waals surface area contributed by atoms with Crippen molar-refractivity contribution in [3.05, 3.63) is 33.9 Å². The lowest BCUT2D eigenvalue weighted by Gasteiger charge is -2.13. The average molecular weight is 251 g/mol. The first-order chi connectivity index (χ1) is 8.47. The first-order valence-corrected chi connectivity index (χ1v) is 5.81. The zero-order chi connectivity index (χ0) is 13.7. The average Bonchev–Trinajstić information content (AvgIpc) is 2.28. The highest BCUT2D eigenvalue weighted by atomic mass is 16.6. The van der Waals surface area contributed by atoms with E-state index in [1.165, 1.54) is 18.2 Å². The molecule has 1 amide bonds. The molecule has 0 saturated heterocycles. The molecule has 0 saturated carbocycles. The van der Waals surface area contributed by atoms with E-state index in [1.807, 2.05) is 13.8 Å². The monoisotopic (exact) mass is 251 g/mol. The Balaban J connectivity index is 2.93. The molecule has 0 aliphatic carbocycles. The number of nitro groups is 1. The molecule has 0 aliphatic rings. The van der Waals surface area contributed by atoms with Crippen molar-refractivity contribution < 1.29 is 9.72 Å². The summed E-state index contributed by atoms with van der Waals surface area (Å²) in [5.74, 6) is -0.378. The van der Waals surface area contributed by atoms with Crippen LogP contribution in [0.4, 0.5) is 11.4 Å². The van der Waals surface area contributed by atoms with E-state index in [-0.39, 0.29) is 28.9 Å². The summed E-state index contributed by atoms with van der Waals surface area (Å²) in [5, 5.41) is 13.5. The van der Waals surface area contributed by atoms with Gasteiger partial charge in [0, 0.05) is 12.1 Å². The van der Waals surface area contributed by atoms with Crippen molar-refractivity contribution in [3.63, 3.8) is 0 Å². The number of carbonyl (C=O) groups excluding carboxylic acids is 1. The summed E-state index contributed by atoms with van der Waals surface area (Å²) in [5.41, 5.74) is 5.44. The molecule has 1 atom stereocenters. The molecule has 6 nitrogen and oxygen atoms in total. The number of para-hydroxylation sites is 1. The molecule has 1 aromatic carbocycles. The smallest absolute Gasteiger partial charge is 0.292 e. The van der Waals surface area contributed by atoms with E-state index in [1.54, 1.807) is 0 Å². The third-order valence-electron chi connectivity index (χ3n) is 2.62. The number of nitrogen functional groups attached to an aromatic ring is 1. The molecule has 0 bridgehead atoms. The molecule has 3 N–H and O–H groups in total. The summed E-state index contributed by atoms with van der Waals surface area (Å²) < 4.78 is 0. The van der Waals surface area contributed by atoms with Crippen LogP contribution in [0, 0.1) is 10.1 Å². The standard InChI is InChI=1S/C12H17N3O3/c1-3-5-8(2)14-12(16)9-6-4-7-10(11(9)13)15(17)18/h4,6-8H,3,5,13H2,1-2H3,(H,14,16). The van der Waals surface area contributed by atoms with Gasteiger partial charge >= 0.3 is 0 Å². The number of amides is 1. The van der Waals surface area contributed by atoms with Crippen molar-refractivity contribution in [2.75, 3.05) is 5.73 Å². The van der Waals surface area contributed by atoms with E-state index >= 15 is 0 Å². The predicted octanol–water partition coefficient (Wildman–Crippen LogP) is 2.10. The van der Waals surface area contributed by atoms with Crippen LogP contribution in [0.5, 0.6) is 0 Å². The van der Waals surface area contributed by atoms with Gasteiger partial charge in [-0.15, -0.1) is 0 Å². The largest absolute Gasteiger partial charge is 0.393 e. The van der Waals surface area contributed by atoms with Crippen molar-refractivity contribution >= 4 is 17.3 Å². The normalized spacial score (nSPS) is 11.9. The Hall–Kier alpha value is -2.11. The second-order valence-corrected chi connectivity index (χ2v) is 4.16. The van der Waals surface area contributed by atoms with Crippen molar-refractivity contribution in [2.24, 2.45) is 0 Å². The molecule has 0 aromatic heterocycles. The molecule has 1 rings (SSSR count). The van der Waals surface area contributed by atoms with Gasteiger partial charge in [-0.05, 0) is 19.4 Å². The molecule has 6 heteroatoms. The number of nitrogens with two attached hydrogens (primary N) is 1. The van der Waals surface area contributed by atoms with Crippen LogP contribution in [0.1, 0.15) is 37.0 Å². The van der Waals surface area contributed by atoms with Crippen LogP contribution in [-0.2, 0) is 0 Å². The number of nitrogens with one attached hydrogen (secondary N) is 1. The number of hydrogen-bond donors (Lipinski definition) is 2. The van der Waals surface area contributed by atoms with Crippen molar-refractivity contribution in [3.8, 4) is 0 Å². The minimum atomic E-state index is -0.596. The maximum absolute atomic E-state index is 11.9. The van der Waals surface area contributed by atoms with Crippen molar-refractivity contribution in [1.29, 1.82) is 0 Å². The van der Waals surface area contributed by atoms with Crippen LogP contribution < -0.4 is 11.1 Å². The van der Waals surface area contributed by atoms with Gasteiger partial charge in [-0.25, -0.2) is 0 Å². The summed E-state index contributed by atoms with van der Waals surface area (Å²) in [7, 11) is 0. The molecule has 1 unspecified atom stereocenters. The summed E-state index contributed by atoms with van der Waals surface area (Å²) in [6.07, 6.45) is 1.80. The molecular weight excluding hydrogens is 234 g/mol. The van der Waals surface area contributed by atoms with E-state index in [9.17, 15) is 14.9 Å². The van der Waals surface area contributed by atoms with Crippen LogP contribution in [0.3, 0.4) is 0 Å². The highest BCUT2D eigenvalue weighted by Gasteiger charge is 2.19. The fraction of sp³-hybridized carbons (Fsp3) is 0.417. The lowest BCUT2D eigenvalue weighted by atomic mass is 10.1. The van der Waals surface area contributed by atoms with E-state index in [0.29, 0.717) is 0 Å². The topological polar surface area (TPSA) is 98.3 Å². The number of rotatable bonds is 5. The van der Waals surface area contributed by atoms with Gasteiger partial charge in [-0.1, -0.05) is 19.4 Å². The Kier molecular flexibility index (Phi) is 4.65. The Morgan fingerprint density at radius 1 is 1.56 bits per heavy atom. The zero-order valence-corrected chi connectivity index (χ0v) is 10.5. The predicted molar refractivity (Wildman–Crippen MR) is 69.3 cm³/mol. The summed E-state index contributed by atoms with van der Waals surface area (Å²) in [4.78, 5) is 22.0. The summed E-state index contributed by atoms with van der Waals surface area (Å²) in [6, 6.07) is 4.23. The molecule has 0 fully saturated rings. The van der Waals surface area contributed by atoms with E-state index in [2.05, 4.69) is 5.32 Å². The first kappa shape index (κ1) is 14.0. The lowest BCUT2D eigenvalue weighted by Crippen LogP contribution is -2.32. The van der Waals surface area contributed by atoms with Crippen LogP contribution in [0.2, 0.25) is 0 Å². The van der Waals surface area contributed by atoms with Gasteiger partial charge in [0.05, 0.1) is 10.5 Å². The number of carbonyl (C=O) groups is 1. The third-order valence-corrected chi connectivity index (χ3v) is 2.62. The second kappa shape index (κ2) is 6.00. The van der Waals surface area contributed by atoms with Gasteiger partial charge in [0.2, 0.25) is 0 Å². The van der Waals surface area contributed by atoms with Gasteiger partial charge in [0.15, 0.2) is 0 Å². The van der Waals surface area contributed by atoms with Gasteiger partial charge in [0.25, 0.3) is 11.6 Å². The van der Waals surface area contributed by atoms with Crippen LogP contribution in [-0.4, -0.2) is 16.9 Å². The lowest BCUT2D eigenvalue weighted by molar-refractivity contribution is -0.383. The molecule has 1 aromatic rings. The van der Waals surface area contributed by atoms with Crippen LogP contribution in [0.15, 0.2) is 18.2 Å². The molecule has 98 valence electrons. The fourth-order valence-corrected chi connectivity index (χ4v) is 1.72. The van der Waals surface area contributed by atoms with Crippen molar-refractivity contribution in [2.45, 2.75) is 32.7 Å².